The molecule has 0 aliphatic rings. The predicted molar refractivity (Wildman–Crippen MR) is 83.2 cm³/mol. The maximum Gasteiger partial charge on any atom is 0.254 e. The topological polar surface area (TPSA) is 52.6 Å². The molecule has 0 radical (unpaired) electrons. The van der Waals surface area contributed by atoms with Crippen LogP contribution < -0.4 is 5.32 Å². The molecule has 0 spiro atoms. The Morgan fingerprint density at radius 2 is 2.00 bits per heavy atom. The zero-order valence-corrected chi connectivity index (χ0v) is 12.9. The molecule has 0 saturated carbocycles. The lowest BCUT2D eigenvalue weighted by atomic mass is 10.0. The van der Waals surface area contributed by atoms with E-state index in [1.54, 1.807) is 4.90 Å². The van der Waals surface area contributed by atoms with Crippen molar-refractivity contribution in [2.24, 2.45) is 0 Å². The minimum Gasteiger partial charge on any atom is -0.395 e. The molecule has 0 unspecified atom stereocenters. The Balaban J connectivity index is 3.05. The number of nitrogens with zero attached hydrogens (tertiary/aromatic N) is 1. The number of rotatable bonds is 7. The summed E-state index contributed by atoms with van der Waals surface area (Å²) in [6, 6.07) is 5.91. The molecule has 2 N–H and O–H groups in total. The first-order chi connectivity index (χ1) is 9.58. The molecule has 20 heavy (non-hydrogen) atoms. The molecule has 0 aliphatic carbocycles. The lowest BCUT2D eigenvalue weighted by molar-refractivity contribution is 0.0621. The number of carbonyl (C=O) groups is 1. The van der Waals surface area contributed by atoms with Gasteiger partial charge in [-0.2, -0.15) is 0 Å². The summed E-state index contributed by atoms with van der Waals surface area (Å²) in [5, 5.41) is 12.3. The highest BCUT2D eigenvalue weighted by molar-refractivity contribution is 5.96. The van der Waals surface area contributed by atoms with Gasteiger partial charge in [0.1, 0.15) is 0 Å². The molecule has 0 aromatic heterocycles. The van der Waals surface area contributed by atoms with E-state index >= 15 is 0 Å². The van der Waals surface area contributed by atoms with Crippen LogP contribution in [0.2, 0.25) is 0 Å². The number of hydrogen-bond acceptors (Lipinski definition) is 3. The number of amides is 1. The van der Waals surface area contributed by atoms with Crippen molar-refractivity contribution in [3.05, 3.63) is 29.3 Å². The number of nitrogens with one attached hydrogen (secondary N) is 1. The van der Waals surface area contributed by atoms with Crippen LogP contribution in [0.25, 0.3) is 0 Å². The summed E-state index contributed by atoms with van der Waals surface area (Å²) in [5.41, 5.74) is 2.66. The molecule has 4 heteroatoms. The molecule has 0 bridgehead atoms. The molecule has 0 fully saturated rings. The number of hydrogen-bond donors (Lipinski definition) is 2. The summed E-state index contributed by atoms with van der Waals surface area (Å²) in [5.74, 6) is 0.00732. The fraction of sp³-hybridized carbons (Fsp3) is 0.562. The average molecular weight is 278 g/mol. The van der Waals surface area contributed by atoms with Crippen LogP contribution in [0.1, 0.15) is 42.6 Å². The van der Waals surface area contributed by atoms with E-state index in [0.717, 1.165) is 24.1 Å². The maximum absolute atomic E-state index is 12.7. The van der Waals surface area contributed by atoms with E-state index in [9.17, 15) is 9.90 Å². The highest BCUT2D eigenvalue weighted by Crippen LogP contribution is 2.19. The van der Waals surface area contributed by atoms with Gasteiger partial charge in [0.2, 0.25) is 0 Å². The first-order valence-corrected chi connectivity index (χ1v) is 7.29. The van der Waals surface area contributed by atoms with E-state index in [1.165, 1.54) is 0 Å². The molecule has 1 aromatic rings. The van der Waals surface area contributed by atoms with Crippen LogP contribution in [-0.4, -0.2) is 42.2 Å². The fourth-order valence-corrected chi connectivity index (χ4v) is 2.50. The Labute approximate surface area is 121 Å². The van der Waals surface area contributed by atoms with Crippen molar-refractivity contribution < 1.29 is 9.90 Å². The molecule has 0 heterocycles. The van der Waals surface area contributed by atoms with Crippen molar-refractivity contribution in [2.45, 2.75) is 39.7 Å². The van der Waals surface area contributed by atoms with Gasteiger partial charge in [0.15, 0.2) is 0 Å². The first kappa shape index (κ1) is 16.5. The number of benzene rings is 1. The van der Waals surface area contributed by atoms with Gasteiger partial charge in [-0.05, 0) is 43.5 Å². The Bertz CT molecular complexity index is 442. The van der Waals surface area contributed by atoms with E-state index < -0.39 is 0 Å². The number of aliphatic hydroxyl groups excluding tert-OH is 1. The molecular formula is C16H26N2O2. The van der Waals surface area contributed by atoms with Crippen LogP contribution in [0.4, 0.5) is 5.69 Å². The van der Waals surface area contributed by atoms with Gasteiger partial charge in [0.05, 0.1) is 6.61 Å². The van der Waals surface area contributed by atoms with E-state index in [4.69, 9.17) is 0 Å². The van der Waals surface area contributed by atoms with Crippen LogP contribution >= 0.6 is 0 Å². The summed E-state index contributed by atoms with van der Waals surface area (Å²) < 4.78 is 0. The van der Waals surface area contributed by atoms with Crippen LogP contribution in [0.15, 0.2) is 18.2 Å². The molecular weight excluding hydrogens is 252 g/mol. The van der Waals surface area contributed by atoms with Crippen LogP contribution in [0.5, 0.6) is 0 Å². The number of carbonyl (C=O) groups excluding carboxylic acids is 1. The average Bonchev–Trinajstić information content (AvgIpc) is 2.46. The standard InChI is InChI=1S/C16H26N2O2/c1-5-14(6-2)18(9-10-19)16(20)15-8-7-13(17-4)11-12(15)3/h7-8,11,14,17,19H,5-6,9-10H2,1-4H3. The fourth-order valence-electron chi connectivity index (χ4n) is 2.50. The van der Waals surface area contributed by atoms with E-state index in [0.29, 0.717) is 12.1 Å². The molecule has 0 saturated heterocycles. The second-order valence-electron chi connectivity index (χ2n) is 4.97. The largest absolute Gasteiger partial charge is 0.395 e. The summed E-state index contributed by atoms with van der Waals surface area (Å²) in [7, 11) is 1.86. The van der Waals surface area contributed by atoms with Gasteiger partial charge in [0, 0.05) is 30.9 Å². The summed E-state index contributed by atoms with van der Waals surface area (Å²) >= 11 is 0. The normalized spacial score (nSPS) is 10.7. The molecule has 4 nitrogen and oxygen atoms in total. The third-order valence-electron chi connectivity index (χ3n) is 3.73. The molecule has 0 atom stereocenters. The quantitative estimate of drug-likeness (QED) is 0.806. The monoisotopic (exact) mass is 278 g/mol. The Morgan fingerprint density at radius 3 is 2.45 bits per heavy atom. The SMILES string of the molecule is CCC(CC)N(CCO)C(=O)c1ccc(NC)cc1C. The first-order valence-electron chi connectivity index (χ1n) is 7.29. The lowest BCUT2D eigenvalue weighted by Crippen LogP contribution is -2.41. The zero-order chi connectivity index (χ0) is 15.1. The van der Waals surface area contributed by atoms with Crippen LogP contribution in [0, 0.1) is 6.92 Å². The van der Waals surface area contributed by atoms with Gasteiger partial charge in [-0.25, -0.2) is 0 Å². The van der Waals surface area contributed by atoms with Crippen molar-refractivity contribution in [1.82, 2.24) is 4.90 Å². The van der Waals surface area contributed by atoms with Crippen molar-refractivity contribution >= 4 is 11.6 Å². The minimum absolute atomic E-state index is 0.00408. The van der Waals surface area contributed by atoms with E-state index in [-0.39, 0.29) is 18.6 Å². The number of aliphatic hydroxyl groups is 1. The number of anilines is 1. The second-order valence-corrected chi connectivity index (χ2v) is 4.97. The summed E-state index contributed by atoms with van der Waals surface area (Å²) in [4.78, 5) is 14.5. The highest BCUT2D eigenvalue weighted by atomic mass is 16.3. The molecule has 1 aromatic carbocycles. The van der Waals surface area contributed by atoms with Gasteiger partial charge in [-0.1, -0.05) is 13.8 Å². The van der Waals surface area contributed by atoms with Crippen LogP contribution in [0.3, 0.4) is 0 Å². The lowest BCUT2D eigenvalue weighted by Gasteiger charge is -2.30. The van der Waals surface area contributed by atoms with Gasteiger partial charge >= 0.3 is 0 Å². The van der Waals surface area contributed by atoms with Crippen molar-refractivity contribution in [2.75, 3.05) is 25.5 Å². The van der Waals surface area contributed by atoms with Gasteiger partial charge in [-0.15, -0.1) is 0 Å². The Kier molecular flexibility index (Phi) is 6.52. The van der Waals surface area contributed by atoms with Crippen molar-refractivity contribution in [3.8, 4) is 0 Å². The van der Waals surface area contributed by atoms with E-state index in [2.05, 4.69) is 19.2 Å². The highest BCUT2D eigenvalue weighted by Gasteiger charge is 2.23. The molecule has 112 valence electrons. The predicted octanol–water partition coefficient (Wildman–Crippen LogP) is 2.66. The van der Waals surface area contributed by atoms with Gasteiger partial charge < -0.3 is 15.3 Å². The van der Waals surface area contributed by atoms with Crippen molar-refractivity contribution in [3.63, 3.8) is 0 Å². The van der Waals surface area contributed by atoms with Gasteiger partial charge in [-0.3, -0.25) is 4.79 Å². The van der Waals surface area contributed by atoms with Crippen LogP contribution in [-0.2, 0) is 0 Å². The third kappa shape index (κ3) is 3.73. The zero-order valence-electron chi connectivity index (χ0n) is 12.9. The third-order valence-corrected chi connectivity index (χ3v) is 3.73. The smallest absolute Gasteiger partial charge is 0.254 e. The summed E-state index contributed by atoms with van der Waals surface area (Å²) in [6.07, 6.45) is 1.80. The maximum atomic E-state index is 12.7. The molecule has 1 rings (SSSR count). The van der Waals surface area contributed by atoms with Gasteiger partial charge in [0.25, 0.3) is 5.91 Å². The molecule has 0 aliphatic heterocycles. The van der Waals surface area contributed by atoms with E-state index in [1.807, 2.05) is 32.2 Å². The second kappa shape index (κ2) is 7.90. The van der Waals surface area contributed by atoms with Crippen molar-refractivity contribution in [1.29, 1.82) is 0 Å². The Morgan fingerprint density at radius 1 is 1.35 bits per heavy atom. The minimum atomic E-state index is -0.00408. The Hall–Kier alpha value is -1.55. The number of aryl methyl sites for hydroxylation is 1. The molecule has 1 amide bonds. The summed E-state index contributed by atoms with van der Waals surface area (Å²) in [6.45, 7) is 6.47.